The highest BCUT2D eigenvalue weighted by Gasteiger charge is 2.21. The number of H-pyrrole nitrogens is 1. The topological polar surface area (TPSA) is 88.6 Å². The maximum absolute atomic E-state index is 13.2. The van der Waals surface area contributed by atoms with Crippen molar-refractivity contribution in [2.24, 2.45) is 5.92 Å². The van der Waals surface area contributed by atoms with Gasteiger partial charge in [0, 0.05) is 34.8 Å². The summed E-state index contributed by atoms with van der Waals surface area (Å²) in [7, 11) is 0. The van der Waals surface area contributed by atoms with Gasteiger partial charge in [0.05, 0.1) is 27.5 Å². The normalized spacial score (nSPS) is 11.4. The SMILES string of the molecule is CC(C)C(=O)c1c[nH]c2nc(-c3ccccc3)c(-c3cc(Cl)c4ncccc4c3)nc2c1=O. The van der Waals surface area contributed by atoms with Gasteiger partial charge in [0.2, 0.25) is 5.43 Å². The molecule has 0 saturated heterocycles. The number of nitrogens with zero attached hydrogens (tertiary/aromatic N) is 3. The van der Waals surface area contributed by atoms with Crippen LogP contribution >= 0.6 is 11.6 Å². The van der Waals surface area contributed by atoms with Gasteiger partial charge in [0.15, 0.2) is 16.9 Å². The van der Waals surface area contributed by atoms with E-state index in [-0.39, 0.29) is 22.8 Å². The second-order valence-corrected chi connectivity index (χ2v) is 8.47. The molecule has 0 amide bonds. The van der Waals surface area contributed by atoms with E-state index in [2.05, 4.69) is 9.97 Å². The molecule has 0 aliphatic carbocycles. The Morgan fingerprint density at radius 2 is 1.70 bits per heavy atom. The van der Waals surface area contributed by atoms with Crippen LogP contribution in [0.5, 0.6) is 0 Å². The number of carbonyl (C=O) groups excluding carboxylic acids is 1. The van der Waals surface area contributed by atoms with Crippen LogP contribution in [0.3, 0.4) is 0 Å². The van der Waals surface area contributed by atoms with Crippen molar-refractivity contribution < 1.29 is 4.79 Å². The minimum absolute atomic E-state index is 0.0750. The molecule has 7 heteroatoms. The molecule has 0 fully saturated rings. The number of aromatic nitrogens is 4. The first-order valence-corrected chi connectivity index (χ1v) is 10.9. The average molecular weight is 455 g/mol. The number of hydrogen-bond donors (Lipinski definition) is 1. The molecule has 5 aromatic rings. The van der Waals surface area contributed by atoms with E-state index in [0.29, 0.717) is 33.1 Å². The van der Waals surface area contributed by atoms with E-state index in [4.69, 9.17) is 21.6 Å². The Morgan fingerprint density at radius 1 is 0.939 bits per heavy atom. The molecule has 0 bridgehead atoms. The minimum atomic E-state index is -0.440. The van der Waals surface area contributed by atoms with Crippen molar-refractivity contribution in [3.8, 4) is 22.5 Å². The number of rotatable bonds is 4. The van der Waals surface area contributed by atoms with Gasteiger partial charge in [-0.05, 0) is 18.2 Å². The number of Topliss-reactive ketones (excluding diaryl/α,β-unsaturated/α-hetero) is 1. The van der Waals surface area contributed by atoms with Crippen molar-refractivity contribution in [1.82, 2.24) is 19.9 Å². The second-order valence-electron chi connectivity index (χ2n) is 8.07. The lowest BCUT2D eigenvalue weighted by Gasteiger charge is -2.12. The van der Waals surface area contributed by atoms with Gasteiger partial charge in [-0.1, -0.05) is 61.8 Å². The van der Waals surface area contributed by atoms with Crippen LogP contribution in [0.25, 0.3) is 44.6 Å². The van der Waals surface area contributed by atoms with Crippen molar-refractivity contribution in [2.75, 3.05) is 0 Å². The summed E-state index contributed by atoms with van der Waals surface area (Å²) in [4.78, 5) is 42.6. The van der Waals surface area contributed by atoms with Gasteiger partial charge in [-0.2, -0.15) is 0 Å². The number of pyridine rings is 2. The molecule has 33 heavy (non-hydrogen) atoms. The van der Waals surface area contributed by atoms with Crippen LogP contribution in [-0.4, -0.2) is 25.7 Å². The zero-order chi connectivity index (χ0) is 23.1. The van der Waals surface area contributed by atoms with Gasteiger partial charge < -0.3 is 4.98 Å². The molecule has 6 nitrogen and oxygen atoms in total. The first kappa shape index (κ1) is 21.0. The fourth-order valence-electron chi connectivity index (χ4n) is 3.81. The summed E-state index contributed by atoms with van der Waals surface area (Å²) in [6.07, 6.45) is 3.11. The van der Waals surface area contributed by atoms with E-state index in [1.807, 2.05) is 48.5 Å². The predicted molar refractivity (Wildman–Crippen MR) is 131 cm³/mol. The van der Waals surface area contributed by atoms with Crippen LogP contribution in [0.2, 0.25) is 5.02 Å². The van der Waals surface area contributed by atoms with Crippen LogP contribution in [-0.2, 0) is 0 Å². The minimum Gasteiger partial charge on any atom is -0.344 e. The molecule has 3 heterocycles. The summed E-state index contributed by atoms with van der Waals surface area (Å²) in [6.45, 7) is 3.51. The van der Waals surface area contributed by atoms with Crippen LogP contribution in [0, 0.1) is 5.92 Å². The molecule has 0 saturated carbocycles. The Morgan fingerprint density at radius 3 is 2.45 bits per heavy atom. The maximum Gasteiger partial charge on any atom is 0.220 e. The number of benzene rings is 2. The number of ketones is 1. The highest BCUT2D eigenvalue weighted by Crippen LogP contribution is 2.34. The van der Waals surface area contributed by atoms with E-state index in [1.165, 1.54) is 6.20 Å². The Labute approximate surface area is 194 Å². The zero-order valence-electron chi connectivity index (χ0n) is 18.0. The summed E-state index contributed by atoms with van der Waals surface area (Å²) >= 11 is 6.54. The molecule has 0 atom stereocenters. The molecule has 2 aromatic carbocycles. The monoisotopic (exact) mass is 454 g/mol. The number of halogens is 1. The lowest BCUT2D eigenvalue weighted by Crippen LogP contribution is -2.21. The van der Waals surface area contributed by atoms with Crippen molar-refractivity contribution in [1.29, 1.82) is 0 Å². The molecular weight excluding hydrogens is 436 g/mol. The van der Waals surface area contributed by atoms with Crippen LogP contribution < -0.4 is 5.43 Å². The molecule has 162 valence electrons. The van der Waals surface area contributed by atoms with Crippen molar-refractivity contribution in [2.45, 2.75) is 13.8 Å². The predicted octanol–water partition coefficient (Wildman–Crippen LogP) is 5.69. The van der Waals surface area contributed by atoms with E-state index in [0.717, 1.165) is 10.9 Å². The summed E-state index contributed by atoms with van der Waals surface area (Å²) in [5.74, 6) is -0.556. The molecule has 0 unspecified atom stereocenters. The molecule has 1 N–H and O–H groups in total. The largest absolute Gasteiger partial charge is 0.344 e. The molecule has 0 aliphatic heterocycles. The van der Waals surface area contributed by atoms with Gasteiger partial charge in [-0.3, -0.25) is 14.6 Å². The van der Waals surface area contributed by atoms with Gasteiger partial charge in [-0.25, -0.2) is 9.97 Å². The molecule has 0 aliphatic rings. The van der Waals surface area contributed by atoms with Gasteiger partial charge in [0.1, 0.15) is 0 Å². The van der Waals surface area contributed by atoms with Gasteiger partial charge in [-0.15, -0.1) is 0 Å². The fourth-order valence-corrected chi connectivity index (χ4v) is 4.08. The molecule has 0 radical (unpaired) electrons. The quantitative estimate of drug-likeness (QED) is 0.352. The number of fused-ring (bicyclic) bond motifs is 2. The highest BCUT2D eigenvalue weighted by atomic mass is 35.5. The molecule has 5 rings (SSSR count). The van der Waals surface area contributed by atoms with Crippen molar-refractivity contribution in [3.63, 3.8) is 0 Å². The number of hydrogen-bond acceptors (Lipinski definition) is 5. The van der Waals surface area contributed by atoms with Crippen LogP contribution in [0.15, 0.2) is 71.8 Å². The van der Waals surface area contributed by atoms with Gasteiger partial charge >= 0.3 is 0 Å². The molecule has 0 spiro atoms. The third kappa shape index (κ3) is 3.68. The highest BCUT2D eigenvalue weighted by molar-refractivity contribution is 6.35. The fraction of sp³-hybridized carbons (Fsp3) is 0.115. The Kier molecular flexibility index (Phi) is 5.23. The van der Waals surface area contributed by atoms with Crippen molar-refractivity contribution in [3.05, 3.63) is 87.8 Å². The standard InChI is InChI=1S/C26H19ClN4O2/c1-14(2)24(32)18-13-29-26-23(25(18)33)30-22(21(31-26)15-7-4-3-5-8-15)17-11-16-9-6-10-28-20(16)19(27)12-17/h3-14H,1-2H3,(H,29,31,33). The first-order chi connectivity index (χ1) is 15.9. The number of carbonyl (C=O) groups is 1. The molecular formula is C26H19ClN4O2. The lowest BCUT2D eigenvalue weighted by atomic mass is 10.0. The summed E-state index contributed by atoms with van der Waals surface area (Å²) < 4.78 is 0. The number of aromatic amines is 1. The zero-order valence-corrected chi connectivity index (χ0v) is 18.7. The lowest BCUT2D eigenvalue weighted by molar-refractivity contribution is 0.0938. The van der Waals surface area contributed by atoms with Gasteiger partial charge in [0.25, 0.3) is 0 Å². The Bertz CT molecular complexity index is 1590. The van der Waals surface area contributed by atoms with E-state index in [1.54, 1.807) is 26.1 Å². The Balaban J connectivity index is 1.84. The summed E-state index contributed by atoms with van der Waals surface area (Å²) in [6, 6.07) is 17.1. The first-order valence-electron chi connectivity index (χ1n) is 10.5. The van der Waals surface area contributed by atoms with E-state index < -0.39 is 5.43 Å². The summed E-state index contributed by atoms with van der Waals surface area (Å²) in [5.41, 5.74) is 3.38. The van der Waals surface area contributed by atoms with Crippen LogP contribution in [0.1, 0.15) is 24.2 Å². The third-order valence-corrected chi connectivity index (χ3v) is 5.77. The average Bonchev–Trinajstić information content (AvgIpc) is 2.84. The van der Waals surface area contributed by atoms with E-state index in [9.17, 15) is 9.59 Å². The van der Waals surface area contributed by atoms with E-state index >= 15 is 0 Å². The number of nitrogens with one attached hydrogen (secondary N) is 1. The second kappa shape index (κ2) is 8.22. The molecule has 3 aromatic heterocycles. The Hall–Kier alpha value is -3.90. The maximum atomic E-state index is 13.2. The summed E-state index contributed by atoms with van der Waals surface area (Å²) in [5, 5.41) is 1.32. The van der Waals surface area contributed by atoms with Crippen molar-refractivity contribution >= 4 is 39.5 Å². The van der Waals surface area contributed by atoms with Crippen LogP contribution in [0.4, 0.5) is 0 Å². The smallest absolute Gasteiger partial charge is 0.220 e. The third-order valence-electron chi connectivity index (χ3n) is 5.48.